The molecule has 0 aliphatic carbocycles. The Morgan fingerprint density at radius 3 is 1.70 bits per heavy atom. The van der Waals surface area contributed by atoms with Gasteiger partial charge in [-0.05, 0) is 112 Å². The summed E-state index contributed by atoms with van der Waals surface area (Å²) >= 11 is 0. The van der Waals surface area contributed by atoms with Crippen LogP contribution in [0.3, 0.4) is 0 Å². The van der Waals surface area contributed by atoms with Crippen LogP contribution in [0.25, 0.3) is 110 Å². The number of hydrogen-bond donors (Lipinski definition) is 0. The second-order valence-corrected chi connectivity index (χ2v) is 13.0. The molecule has 0 fully saturated rings. The lowest BCUT2D eigenvalue weighted by Crippen LogP contribution is -1.92. The number of hydrogen-bond acceptors (Lipinski definition) is 1. The molecule has 1 heteroatoms. The van der Waals surface area contributed by atoms with Crippen molar-refractivity contribution in [2.24, 2.45) is 0 Å². The van der Waals surface area contributed by atoms with Crippen molar-refractivity contribution in [3.63, 3.8) is 0 Å². The van der Waals surface area contributed by atoms with Crippen LogP contribution in [-0.4, -0.2) is 0 Å². The molecule has 0 aliphatic rings. The van der Waals surface area contributed by atoms with Gasteiger partial charge >= 0.3 is 0 Å². The molecule has 0 atom stereocenters. The van der Waals surface area contributed by atoms with Crippen LogP contribution in [0.1, 0.15) is 17.8 Å². The second kappa shape index (κ2) is 11.8. The molecule has 1 nitrogen and oxygen atoms in total. The normalized spacial score (nSPS) is 15.2. The summed E-state index contributed by atoms with van der Waals surface area (Å²) in [6.45, 7) is 0. The third-order valence-corrected chi connectivity index (χ3v) is 10.2. The topological polar surface area (TPSA) is 13.1 Å². The van der Waals surface area contributed by atoms with Crippen molar-refractivity contribution in [2.75, 3.05) is 0 Å². The standard InChI is InChI=1S/C52H32O/c1-2-14-34(15-3-1)50-42-19-8-10-21-44(42)51(45-22-11-9-20-43(45)50)46-29-28-38(40-17-6-7-18-41(40)46)37-27-30-48-47(32-37)52-39(23-12-24-49(52)53-48)36-26-25-33-13-4-5-16-35(33)31-36/h1-32H/i1D,2D,3D,8D,9D,10D,11D,14D,15D,19D,20D,21D,22D. The molecule has 11 rings (SSSR count). The first-order valence-electron chi connectivity index (χ1n) is 23.7. The van der Waals surface area contributed by atoms with Crippen LogP contribution in [0.5, 0.6) is 0 Å². The van der Waals surface area contributed by atoms with Gasteiger partial charge in [0, 0.05) is 10.8 Å². The third-order valence-electron chi connectivity index (χ3n) is 10.2. The van der Waals surface area contributed by atoms with E-state index >= 15 is 0 Å². The maximum atomic E-state index is 9.44. The highest BCUT2D eigenvalue weighted by Gasteiger charge is 2.20. The summed E-state index contributed by atoms with van der Waals surface area (Å²) in [7, 11) is 0. The summed E-state index contributed by atoms with van der Waals surface area (Å²) in [5.74, 6) is 0. The minimum Gasteiger partial charge on any atom is -0.456 e. The molecule has 0 N–H and O–H groups in total. The SMILES string of the molecule is [2H]c1c([2H])c([2H])c(-c2c3c([2H])c([2H])c([2H])c([2H])c3c(-c3ccc(-c4ccc5oc6cccc(-c7ccc8ccccc8c7)c6c5c4)c4ccccc34)c3c([2H])c([2H])c([2H])c([2H])c23)c([2H])c1[2H]. The van der Waals surface area contributed by atoms with Gasteiger partial charge in [0.15, 0.2) is 0 Å². The van der Waals surface area contributed by atoms with Crippen molar-refractivity contribution in [3.8, 4) is 44.5 Å². The fourth-order valence-corrected chi connectivity index (χ4v) is 7.88. The molecule has 0 aliphatic heterocycles. The van der Waals surface area contributed by atoms with Gasteiger partial charge in [-0.25, -0.2) is 0 Å². The first-order chi connectivity index (χ1) is 31.7. The summed E-state index contributed by atoms with van der Waals surface area (Å²) in [6, 6.07) is 29.3. The maximum absolute atomic E-state index is 9.44. The molecule has 10 aromatic carbocycles. The van der Waals surface area contributed by atoms with E-state index in [9.17, 15) is 5.48 Å². The minimum atomic E-state index is -0.717. The van der Waals surface area contributed by atoms with E-state index in [1.165, 1.54) is 0 Å². The molecule has 0 unspecified atom stereocenters. The Bertz CT molecular complexity index is 3880. The molecular weight excluding hydrogens is 641 g/mol. The van der Waals surface area contributed by atoms with Crippen molar-refractivity contribution >= 4 is 65.0 Å². The average molecular weight is 686 g/mol. The highest BCUT2D eigenvalue weighted by molar-refractivity contribution is 6.24. The van der Waals surface area contributed by atoms with Gasteiger partial charge in [0.25, 0.3) is 0 Å². The molecule has 53 heavy (non-hydrogen) atoms. The Hall–Kier alpha value is -6.96. The minimum absolute atomic E-state index is 0.0779. The largest absolute Gasteiger partial charge is 0.456 e. The number of fused-ring (bicyclic) bond motifs is 7. The molecule has 1 aromatic heterocycles. The molecule has 0 saturated carbocycles. The summed E-state index contributed by atoms with van der Waals surface area (Å²) in [4.78, 5) is 0. The van der Waals surface area contributed by atoms with E-state index in [1.54, 1.807) is 6.07 Å². The van der Waals surface area contributed by atoms with Gasteiger partial charge in [0.05, 0.1) is 17.8 Å². The van der Waals surface area contributed by atoms with Crippen LogP contribution in [0.15, 0.2) is 198 Å². The van der Waals surface area contributed by atoms with Crippen molar-refractivity contribution in [2.45, 2.75) is 0 Å². The number of benzene rings is 10. The van der Waals surface area contributed by atoms with Crippen LogP contribution >= 0.6 is 0 Å². The highest BCUT2D eigenvalue weighted by atomic mass is 16.3. The van der Waals surface area contributed by atoms with Crippen molar-refractivity contribution in [3.05, 3.63) is 194 Å². The fourth-order valence-electron chi connectivity index (χ4n) is 7.88. The van der Waals surface area contributed by atoms with Gasteiger partial charge in [-0.3, -0.25) is 0 Å². The first-order valence-corrected chi connectivity index (χ1v) is 17.2. The van der Waals surface area contributed by atoms with Gasteiger partial charge in [-0.2, -0.15) is 0 Å². The number of furan rings is 1. The lowest BCUT2D eigenvalue weighted by Gasteiger charge is -2.19. The van der Waals surface area contributed by atoms with E-state index in [2.05, 4.69) is 42.5 Å². The van der Waals surface area contributed by atoms with E-state index in [0.717, 1.165) is 54.8 Å². The molecule has 0 saturated heterocycles. The van der Waals surface area contributed by atoms with Crippen molar-refractivity contribution in [1.82, 2.24) is 0 Å². The lowest BCUT2D eigenvalue weighted by molar-refractivity contribution is 0.669. The predicted octanol–water partition coefficient (Wildman–Crippen LogP) is 14.9. The number of rotatable bonds is 4. The smallest absolute Gasteiger partial charge is 0.136 e. The first kappa shape index (κ1) is 19.6. The van der Waals surface area contributed by atoms with Crippen molar-refractivity contribution < 1.29 is 22.2 Å². The molecule has 0 spiro atoms. The molecule has 0 radical (unpaired) electrons. The van der Waals surface area contributed by atoms with Gasteiger partial charge in [0.1, 0.15) is 11.2 Å². The van der Waals surface area contributed by atoms with E-state index in [0.29, 0.717) is 16.5 Å². The average Bonchev–Trinajstić information content (AvgIpc) is 3.72. The summed E-state index contributed by atoms with van der Waals surface area (Å²) in [6.07, 6.45) is 0. The van der Waals surface area contributed by atoms with Crippen LogP contribution < -0.4 is 0 Å². The fraction of sp³-hybridized carbons (Fsp3) is 0. The zero-order valence-electron chi connectivity index (χ0n) is 40.9. The Morgan fingerprint density at radius 1 is 0.340 bits per heavy atom. The Kier molecular flexibility index (Phi) is 4.36. The quantitative estimate of drug-likeness (QED) is 0.168. The van der Waals surface area contributed by atoms with Crippen molar-refractivity contribution in [1.29, 1.82) is 0 Å². The summed E-state index contributed by atoms with van der Waals surface area (Å²) < 4.78 is 123. The third kappa shape index (κ3) is 4.64. The Balaban J connectivity index is 1.24. The van der Waals surface area contributed by atoms with E-state index in [1.807, 2.05) is 66.7 Å². The van der Waals surface area contributed by atoms with E-state index < -0.39 is 84.1 Å². The summed E-state index contributed by atoms with van der Waals surface area (Å²) in [5, 5.41) is 4.65. The molecule has 0 amide bonds. The highest BCUT2D eigenvalue weighted by Crippen LogP contribution is 2.47. The molecule has 1 heterocycles. The van der Waals surface area contributed by atoms with Gasteiger partial charge in [0.2, 0.25) is 0 Å². The van der Waals surface area contributed by atoms with Crippen LogP contribution in [0.4, 0.5) is 0 Å². The Labute approximate surface area is 325 Å². The second-order valence-electron chi connectivity index (χ2n) is 13.0. The van der Waals surface area contributed by atoms with E-state index in [4.69, 9.17) is 16.8 Å². The molecule has 0 bridgehead atoms. The predicted molar refractivity (Wildman–Crippen MR) is 225 cm³/mol. The van der Waals surface area contributed by atoms with E-state index in [-0.39, 0.29) is 32.7 Å². The van der Waals surface area contributed by atoms with Gasteiger partial charge in [-0.15, -0.1) is 0 Å². The van der Waals surface area contributed by atoms with Crippen LogP contribution in [-0.2, 0) is 0 Å². The summed E-state index contributed by atoms with van der Waals surface area (Å²) in [5.41, 5.74) is 4.82. The molecular formula is C52H32O. The van der Waals surface area contributed by atoms with Crippen LogP contribution in [0.2, 0.25) is 0 Å². The Morgan fingerprint density at radius 2 is 0.943 bits per heavy atom. The van der Waals surface area contributed by atoms with Gasteiger partial charge < -0.3 is 4.42 Å². The lowest BCUT2D eigenvalue weighted by atomic mass is 9.84. The zero-order chi connectivity index (χ0) is 46.2. The van der Waals surface area contributed by atoms with Gasteiger partial charge in [-0.1, -0.05) is 170 Å². The maximum Gasteiger partial charge on any atom is 0.136 e. The zero-order valence-corrected chi connectivity index (χ0v) is 27.9. The molecule has 246 valence electrons. The monoisotopic (exact) mass is 685 g/mol. The van der Waals surface area contributed by atoms with Crippen LogP contribution in [0, 0.1) is 0 Å². The molecule has 11 aromatic rings.